The number of methoxy groups -OCH3 is 1. The molecule has 3 heterocycles. The maximum absolute atomic E-state index is 12.3. The van der Waals surface area contributed by atoms with Gasteiger partial charge >= 0.3 is 0 Å². The topological polar surface area (TPSA) is 94.8 Å². The first kappa shape index (κ1) is 16.8. The molecule has 8 nitrogen and oxygen atoms in total. The smallest absolute Gasteiger partial charge is 0.227 e. The standard InChI is InChI=1S/C17H22N6O2/c1-19-16(14(7-18)25-2)22-10-12(11-22)17(24)21-9-13-8-20-15-5-3-4-6-23(13)15/h3-8,12,18-19H,9-11H2,1-2H3,(H,21,24)/b16-14-,18-7?. The number of rotatable bonds is 7. The van der Waals surface area contributed by atoms with Crippen LogP contribution < -0.4 is 10.6 Å². The summed E-state index contributed by atoms with van der Waals surface area (Å²) < 4.78 is 7.13. The SMILES string of the molecule is CN/C(=C(\C=N)OC)N1CC(C(=O)NCc2cnc3ccccn23)C1. The summed E-state index contributed by atoms with van der Waals surface area (Å²) in [6.07, 6.45) is 4.87. The van der Waals surface area contributed by atoms with E-state index in [1.807, 2.05) is 33.7 Å². The van der Waals surface area contributed by atoms with Gasteiger partial charge in [0.2, 0.25) is 5.91 Å². The van der Waals surface area contributed by atoms with Gasteiger partial charge in [0.25, 0.3) is 0 Å². The number of nitrogens with zero attached hydrogens (tertiary/aromatic N) is 3. The van der Waals surface area contributed by atoms with E-state index in [1.165, 1.54) is 7.11 Å². The first-order valence-corrected chi connectivity index (χ1v) is 8.08. The molecule has 25 heavy (non-hydrogen) atoms. The Hall–Kier alpha value is -3.03. The normalized spacial score (nSPS) is 15.4. The Morgan fingerprint density at radius 3 is 2.96 bits per heavy atom. The zero-order valence-corrected chi connectivity index (χ0v) is 14.3. The van der Waals surface area contributed by atoms with Crippen LogP contribution in [0.4, 0.5) is 0 Å². The van der Waals surface area contributed by atoms with E-state index in [9.17, 15) is 4.79 Å². The predicted octanol–water partition coefficient (Wildman–Crippen LogP) is 0.567. The first-order chi connectivity index (χ1) is 12.2. The van der Waals surface area contributed by atoms with Crippen molar-refractivity contribution in [2.75, 3.05) is 27.2 Å². The number of carbonyl (C=O) groups excluding carboxylic acids is 1. The molecule has 1 fully saturated rings. The summed E-state index contributed by atoms with van der Waals surface area (Å²) in [7, 11) is 3.30. The van der Waals surface area contributed by atoms with Crippen molar-refractivity contribution in [3.05, 3.63) is 47.9 Å². The molecule has 3 N–H and O–H groups in total. The van der Waals surface area contributed by atoms with Gasteiger partial charge in [-0.1, -0.05) is 6.07 Å². The summed E-state index contributed by atoms with van der Waals surface area (Å²) in [5.41, 5.74) is 1.81. The Kier molecular flexibility index (Phi) is 4.87. The van der Waals surface area contributed by atoms with Crippen molar-refractivity contribution >= 4 is 17.8 Å². The van der Waals surface area contributed by atoms with Gasteiger partial charge in [-0.15, -0.1) is 0 Å². The van der Waals surface area contributed by atoms with Crippen molar-refractivity contribution in [1.29, 1.82) is 5.41 Å². The summed E-state index contributed by atoms with van der Waals surface area (Å²) in [6, 6.07) is 5.80. The van der Waals surface area contributed by atoms with E-state index >= 15 is 0 Å². The van der Waals surface area contributed by atoms with Crippen molar-refractivity contribution in [2.24, 2.45) is 5.92 Å². The Morgan fingerprint density at radius 1 is 1.48 bits per heavy atom. The van der Waals surface area contributed by atoms with E-state index in [0.717, 1.165) is 23.4 Å². The fraction of sp³-hybridized carbons (Fsp3) is 0.353. The molecule has 2 aromatic heterocycles. The molecule has 0 aromatic carbocycles. The molecule has 0 bridgehead atoms. The van der Waals surface area contributed by atoms with E-state index < -0.39 is 0 Å². The number of nitrogens with one attached hydrogen (secondary N) is 3. The summed E-state index contributed by atoms with van der Waals surface area (Å²) in [5, 5.41) is 13.4. The van der Waals surface area contributed by atoms with Crippen molar-refractivity contribution in [1.82, 2.24) is 24.9 Å². The molecule has 2 aromatic rings. The maximum atomic E-state index is 12.3. The van der Waals surface area contributed by atoms with E-state index in [-0.39, 0.29) is 11.8 Å². The van der Waals surface area contributed by atoms with Crippen LogP contribution in [-0.2, 0) is 16.1 Å². The third kappa shape index (κ3) is 3.28. The number of amides is 1. The van der Waals surface area contributed by atoms with Gasteiger partial charge in [-0.25, -0.2) is 4.98 Å². The quantitative estimate of drug-likeness (QED) is 0.505. The molecule has 1 amide bonds. The van der Waals surface area contributed by atoms with Gasteiger partial charge in [0.1, 0.15) is 11.5 Å². The van der Waals surface area contributed by atoms with Crippen LogP contribution in [-0.4, -0.2) is 53.7 Å². The van der Waals surface area contributed by atoms with Crippen LogP contribution in [0.25, 0.3) is 5.65 Å². The minimum atomic E-state index is -0.0774. The largest absolute Gasteiger partial charge is 0.491 e. The third-order valence-corrected chi connectivity index (χ3v) is 4.33. The number of likely N-dealkylation sites (tertiary alicyclic amines) is 1. The zero-order valence-electron chi connectivity index (χ0n) is 14.3. The summed E-state index contributed by atoms with van der Waals surface area (Å²) in [6.45, 7) is 1.63. The highest BCUT2D eigenvalue weighted by Gasteiger charge is 2.34. The number of hydrogen-bond acceptors (Lipinski definition) is 6. The van der Waals surface area contributed by atoms with Crippen molar-refractivity contribution < 1.29 is 9.53 Å². The Labute approximate surface area is 146 Å². The maximum Gasteiger partial charge on any atom is 0.227 e. The summed E-state index contributed by atoms with van der Waals surface area (Å²) in [5.74, 6) is 1.12. The summed E-state index contributed by atoms with van der Waals surface area (Å²) in [4.78, 5) is 18.6. The van der Waals surface area contributed by atoms with Gasteiger partial charge < -0.3 is 30.1 Å². The number of aromatic nitrogens is 2. The lowest BCUT2D eigenvalue weighted by Crippen LogP contribution is -2.54. The number of pyridine rings is 1. The number of allylic oxidation sites excluding steroid dienone is 1. The molecule has 3 rings (SSSR count). The van der Waals surface area contributed by atoms with Crippen LogP contribution in [0.15, 0.2) is 42.2 Å². The average Bonchev–Trinajstić information content (AvgIpc) is 3.01. The van der Waals surface area contributed by atoms with Gasteiger partial charge in [-0.3, -0.25) is 4.79 Å². The lowest BCUT2D eigenvalue weighted by molar-refractivity contribution is -0.129. The molecule has 1 aliphatic heterocycles. The lowest BCUT2D eigenvalue weighted by atomic mass is 9.99. The van der Waals surface area contributed by atoms with Gasteiger partial charge in [-0.05, 0) is 12.1 Å². The highest BCUT2D eigenvalue weighted by molar-refractivity contribution is 5.80. The minimum absolute atomic E-state index is 0.0198. The fourth-order valence-corrected chi connectivity index (χ4v) is 2.93. The molecular weight excluding hydrogens is 320 g/mol. The Balaban J connectivity index is 1.56. The molecule has 0 saturated carbocycles. The van der Waals surface area contributed by atoms with Crippen molar-refractivity contribution in [3.63, 3.8) is 0 Å². The lowest BCUT2D eigenvalue weighted by Gasteiger charge is -2.41. The van der Waals surface area contributed by atoms with Gasteiger partial charge in [0.15, 0.2) is 5.76 Å². The van der Waals surface area contributed by atoms with Crippen molar-refractivity contribution in [2.45, 2.75) is 6.54 Å². The van der Waals surface area contributed by atoms with E-state index in [1.54, 1.807) is 13.2 Å². The Morgan fingerprint density at radius 2 is 2.28 bits per heavy atom. The number of imidazole rings is 1. The molecule has 0 radical (unpaired) electrons. The monoisotopic (exact) mass is 342 g/mol. The highest BCUT2D eigenvalue weighted by atomic mass is 16.5. The van der Waals surface area contributed by atoms with Crippen LogP contribution in [0.5, 0.6) is 0 Å². The van der Waals surface area contributed by atoms with E-state index in [0.29, 0.717) is 25.4 Å². The van der Waals surface area contributed by atoms with Crippen LogP contribution in [0.1, 0.15) is 5.69 Å². The van der Waals surface area contributed by atoms with Gasteiger partial charge in [-0.2, -0.15) is 0 Å². The predicted molar refractivity (Wildman–Crippen MR) is 94.0 cm³/mol. The highest BCUT2D eigenvalue weighted by Crippen LogP contribution is 2.21. The average molecular weight is 342 g/mol. The Bertz CT molecular complexity index is 806. The summed E-state index contributed by atoms with van der Waals surface area (Å²) >= 11 is 0. The van der Waals surface area contributed by atoms with Crippen LogP contribution in [0.3, 0.4) is 0 Å². The minimum Gasteiger partial charge on any atom is -0.491 e. The molecule has 8 heteroatoms. The third-order valence-electron chi connectivity index (χ3n) is 4.33. The van der Waals surface area contributed by atoms with Crippen LogP contribution in [0, 0.1) is 11.3 Å². The van der Waals surface area contributed by atoms with E-state index in [2.05, 4.69) is 15.6 Å². The number of hydrogen-bond donors (Lipinski definition) is 3. The van der Waals surface area contributed by atoms with Crippen molar-refractivity contribution in [3.8, 4) is 0 Å². The van der Waals surface area contributed by atoms with Crippen LogP contribution >= 0.6 is 0 Å². The molecule has 0 unspecified atom stereocenters. The van der Waals surface area contributed by atoms with Crippen LogP contribution in [0.2, 0.25) is 0 Å². The molecule has 1 aliphatic rings. The second-order valence-corrected chi connectivity index (χ2v) is 5.81. The molecule has 132 valence electrons. The first-order valence-electron chi connectivity index (χ1n) is 8.08. The van der Waals surface area contributed by atoms with Gasteiger partial charge in [0.05, 0.1) is 37.7 Å². The zero-order chi connectivity index (χ0) is 17.8. The second kappa shape index (κ2) is 7.25. The molecular formula is C17H22N6O2. The molecule has 0 aliphatic carbocycles. The molecule has 0 spiro atoms. The van der Waals surface area contributed by atoms with Gasteiger partial charge in [0, 0.05) is 26.3 Å². The fourth-order valence-electron chi connectivity index (χ4n) is 2.93. The molecule has 1 saturated heterocycles. The number of carbonyl (C=O) groups is 1. The van der Waals surface area contributed by atoms with E-state index in [4.69, 9.17) is 10.1 Å². The second-order valence-electron chi connectivity index (χ2n) is 5.81. The number of fused-ring (bicyclic) bond motifs is 1. The molecule has 0 atom stereocenters. The number of ether oxygens (including phenoxy) is 1.